The molecule has 0 unspecified atom stereocenters. The van der Waals surface area contributed by atoms with Crippen molar-refractivity contribution < 1.29 is 9.84 Å². The molecule has 0 aliphatic carbocycles. The lowest BCUT2D eigenvalue weighted by molar-refractivity contribution is 0.122. The van der Waals surface area contributed by atoms with Gasteiger partial charge < -0.3 is 14.7 Å². The van der Waals surface area contributed by atoms with Gasteiger partial charge in [-0.15, -0.1) is 0 Å². The minimum absolute atomic E-state index is 0.654. The molecule has 0 aliphatic heterocycles. The van der Waals surface area contributed by atoms with Gasteiger partial charge in [-0.3, -0.25) is 0 Å². The van der Waals surface area contributed by atoms with Crippen LogP contribution in [0.2, 0.25) is 0 Å². The average molecular weight is 333 g/mol. The fourth-order valence-corrected chi connectivity index (χ4v) is 3.24. The zero-order valence-corrected chi connectivity index (χ0v) is 14.8. The van der Waals surface area contributed by atoms with Crippen molar-refractivity contribution in [3.63, 3.8) is 0 Å². The van der Waals surface area contributed by atoms with Crippen molar-refractivity contribution in [2.75, 3.05) is 26.1 Å². The van der Waals surface area contributed by atoms with E-state index in [4.69, 9.17) is 4.74 Å². The highest BCUT2D eigenvalue weighted by atomic mass is 16.5. The van der Waals surface area contributed by atoms with Gasteiger partial charge in [0, 0.05) is 19.8 Å². The first-order valence-corrected chi connectivity index (χ1v) is 8.27. The van der Waals surface area contributed by atoms with Gasteiger partial charge in [0.1, 0.15) is 11.4 Å². The quantitative estimate of drug-likeness (QED) is 0.715. The van der Waals surface area contributed by atoms with Crippen molar-refractivity contribution in [1.82, 2.24) is 0 Å². The number of anilines is 1. The molecule has 0 fully saturated rings. The monoisotopic (exact) mass is 333 g/mol. The molecule has 0 radical (unpaired) electrons. The van der Waals surface area contributed by atoms with Crippen LogP contribution in [-0.2, 0) is 5.60 Å². The molecule has 0 heterocycles. The summed E-state index contributed by atoms with van der Waals surface area (Å²) in [4.78, 5) is 1.99. The molecule has 3 aromatic rings. The molecular formula is C22H23NO2. The molecule has 0 atom stereocenters. The predicted octanol–water partition coefficient (Wildman–Crippen LogP) is 4.05. The molecule has 0 spiro atoms. The Kier molecular flexibility index (Phi) is 4.77. The molecule has 3 nitrogen and oxygen atoms in total. The molecule has 0 saturated heterocycles. The summed E-state index contributed by atoms with van der Waals surface area (Å²) in [5.74, 6) is 0.654. The Labute approximate surface area is 149 Å². The normalized spacial score (nSPS) is 11.2. The first kappa shape index (κ1) is 17.1. The number of hydrogen-bond donors (Lipinski definition) is 1. The lowest BCUT2D eigenvalue weighted by Crippen LogP contribution is -2.31. The molecule has 3 rings (SSSR count). The lowest BCUT2D eigenvalue weighted by Gasteiger charge is -2.34. The van der Waals surface area contributed by atoms with E-state index in [-0.39, 0.29) is 0 Å². The summed E-state index contributed by atoms with van der Waals surface area (Å²) in [6.45, 7) is 0. The molecule has 3 aromatic carbocycles. The van der Waals surface area contributed by atoms with Crippen LogP contribution in [-0.4, -0.2) is 26.3 Å². The second-order valence-electron chi connectivity index (χ2n) is 6.19. The van der Waals surface area contributed by atoms with Crippen LogP contribution in [0, 0.1) is 0 Å². The number of rotatable bonds is 5. The summed E-state index contributed by atoms with van der Waals surface area (Å²) < 4.78 is 5.64. The number of aliphatic hydroxyl groups is 1. The van der Waals surface area contributed by atoms with E-state index in [0.717, 1.165) is 22.4 Å². The van der Waals surface area contributed by atoms with E-state index < -0.39 is 5.60 Å². The van der Waals surface area contributed by atoms with E-state index >= 15 is 0 Å². The summed E-state index contributed by atoms with van der Waals surface area (Å²) >= 11 is 0. The topological polar surface area (TPSA) is 32.7 Å². The molecule has 128 valence electrons. The maximum Gasteiger partial charge on any atom is 0.146 e. The summed E-state index contributed by atoms with van der Waals surface area (Å²) in [5, 5.41) is 12.1. The smallest absolute Gasteiger partial charge is 0.146 e. The van der Waals surface area contributed by atoms with Crippen LogP contribution in [0.1, 0.15) is 16.7 Å². The largest absolute Gasteiger partial charge is 0.496 e. The van der Waals surface area contributed by atoms with Crippen LogP contribution in [0.5, 0.6) is 5.75 Å². The van der Waals surface area contributed by atoms with Gasteiger partial charge in [0.25, 0.3) is 0 Å². The van der Waals surface area contributed by atoms with Gasteiger partial charge in [-0.05, 0) is 23.3 Å². The van der Waals surface area contributed by atoms with Crippen molar-refractivity contribution >= 4 is 5.69 Å². The average Bonchev–Trinajstić information content (AvgIpc) is 2.68. The summed E-state index contributed by atoms with van der Waals surface area (Å²) in [6, 6.07) is 25.2. The van der Waals surface area contributed by atoms with Crippen molar-refractivity contribution in [3.05, 3.63) is 95.6 Å². The third-order valence-corrected chi connectivity index (χ3v) is 4.45. The second kappa shape index (κ2) is 6.99. The Balaban J connectivity index is 2.39. The van der Waals surface area contributed by atoms with Gasteiger partial charge in [0.05, 0.1) is 12.7 Å². The van der Waals surface area contributed by atoms with Crippen LogP contribution < -0.4 is 9.64 Å². The Morgan fingerprint density at radius 3 is 1.72 bits per heavy atom. The number of hydrogen-bond acceptors (Lipinski definition) is 3. The minimum Gasteiger partial charge on any atom is -0.496 e. The van der Waals surface area contributed by atoms with Gasteiger partial charge in [-0.25, -0.2) is 0 Å². The molecule has 3 heteroatoms. The number of methoxy groups -OCH3 is 1. The molecule has 0 aromatic heterocycles. The zero-order valence-electron chi connectivity index (χ0n) is 14.8. The van der Waals surface area contributed by atoms with Crippen LogP contribution in [0.15, 0.2) is 78.9 Å². The standard InChI is InChI=1S/C22H23NO2/c1-23(2)19-15-10-16-20(25-3)21(19)22(24,17-11-6-4-7-12-17)18-13-8-5-9-14-18/h4-16,24H,1-3H3. The highest BCUT2D eigenvalue weighted by molar-refractivity contribution is 5.66. The maximum atomic E-state index is 12.1. The predicted molar refractivity (Wildman–Crippen MR) is 102 cm³/mol. The third kappa shape index (κ3) is 2.99. The molecule has 1 N–H and O–H groups in total. The van der Waals surface area contributed by atoms with Gasteiger partial charge >= 0.3 is 0 Å². The first-order valence-electron chi connectivity index (χ1n) is 8.27. The van der Waals surface area contributed by atoms with E-state index in [1.807, 2.05) is 97.9 Å². The Hall–Kier alpha value is -2.78. The Bertz CT molecular complexity index is 790. The van der Waals surface area contributed by atoms with E-state index in [1.54, 1.807) is 7.11 Å². The lowest BCUT2D eigenvalue weighted by atomic mass is 9.79. The van der Waals surface area contributed by atoms with Crippen LogP contribution in [0.3, 0.4) is 0 Å². The Morgan fingerprint density at radius 2 is 1.28 bits per heavy atom. The zero-order chi connectivity index (χ0) is 17.9. The molecule has 0 aliphatic rings. The minimum atomic E-state index is -1.32. The highest BCUT2D eigenvalue weighted by Crippen LogP contribution is 2.45. The van der Waals surface area contributed by atoms with Crippen molar-refractivity contribution in [1.29, 1.82) is 0 Å². The fourth-order valence-electron chi connectivity index (χ4n) is 3.24. The molecule has 0 bridgehead atoms. The van der Waals surface area contributed by atoms with Gasteiger partial charge in [-0.2, -0.15) is 0 Å². The number of nitrogens with zero attached hydrogens (tertiary/aromatic N) is 1. The number of benzene rings is 3. The van der Waals surface area contributed by atoms with Crippen LogP contribution >= 0.6 is 0 Å². The fraction of sp³-hybridized carbons (Fsp3) is 0.182. The van der Waals surface area contributed by atoms with E-state index in [2.05, 4.69) is 0 Å². The van der Waals surface area contributed by atoms with Crippen molar-refractivity contribution in [3.8, 4) is 5.75 Å². The SMILES string of the molecule is COc1cccc(N(C)C)c1C(O)(c1ccccc1)c1ccccc1. The van der Waals surface area contributed by atoms with E-state index in [9.17, 15) is 5.11 Å². The van der Waals surface area contributed by atoms with Crippen LogP contribution in [0.25, 0.3) is 0 Å². The summed E-state index contributed by atoms with van der Waals surface area (Å²) in [6.07, 6.45) is 0. The van der Waals surface area contributed by atoms with E-state index in [0.29, 0.717) is 5.75 Å². The highest BCUT2D eigenvalue weighted by Gasteiger charge is 2.38. The van der Waals surface area contributed by atoms with Crippen molar-refractivity contribution in [2.45, 2.75) is 5.60 Å². The van der Waals surface area contributed by atoms with Crippen LogP contribution in [0.4, 0.5) is 5.69 Å². The maximum absolute atomic E-state index is 12.1. The Morgan fingerprint density at radius 1 is 0.760 bits per heavy atom. The summed E-state index contributed by atoms with van der Waals surface area (Å²) in [5.41, 5.74) is 1.92. The third-order valence-electron chi connectivity index (χ3n) is 4.45. The molecular weight excluding hydrogens is 310 g/mol. The van der Waals surface area contributed by atoms with E-state index in [1.165, 1.54) is 0 Å². The van der Waals surface area contributed by atoms with Gasteiger partial charge in [0.15, 0.2) is 0 Å². The number of ether oxygens (including phenoxy) is 1. The second-order valence-corrected chi connectivity index (χ2v) is 6.19. The molecule has 25 heavy (non-hydrogen) atoms. The first-order chi connectivity index (χ1) is 12.1. The van der Waals surface area contributed by atoms with Gasteiger partial charge in [0.2, 0.25) is 0 Å². The van der Waals surface area contributed by atoms with Gasteiger partial charge in [-0.1, -0.05) is 66.7 Å². The van der Waals surface area contributed by atoms with Crippen molar-refractivity contribution in [2.24, 2.45) is 0 Å². The molecule has 0 saturated carbocycles. The molecule has 0 amide bonds. The summed E-state index contributed by atoms with van der Waals surface area (Å²) in [7, 11) is 5.57.